The lowest BCUT2D eigenvalue weighted by atomic mass is 10.1. The Bertz CT molecular complexity index is 995. The fourth-order valence-electron chi connectivity index (χ4n) is 2.39. The van der Waals surface area contributed by atoms with Crippen LogP contribution in [0.1, 0.15) is 15.9 Å². The van der Waals surface area contributed by atoms with Crippen molar-refractivity contribution < 1.29 is 13.2 Å². The Balaban J connectivity index is 1.73. The van der Waals surface area contributed by atoms with Crippen LogP contribution in [-0.2, 0) is 16.6 Å². The highest BCUT2D eigenvalue weighted by molar-refractivity contribution is 7.92. The minimum atomic E-state index is -3.33. The molecule has 0 saturated carbocycles. The Kier molecular flexibility index (Phi) is 4.22. The van der Waals surface area contributed by atoms with Crippen LogP contribution >= 0.6 is 0 Å². The van der Waals surface area contributed by atoms with E-state index in [9.17, 15) is 13.2 Å². The number of anilines is 1. The minimum Gasteiger partial charge on any atom is -0.348 e. The molecule has 24 heavy (non-hydrogen) atoms. The molecule has 0 saturated heterocycles. The zero-order chi connectivity index (χ0) is 17.2. The maximum absolute atomic E-state index is 12.4. The van der Waals surface area contributed by atoms with Crippen molar-refractivity contribution >= 4 is 32.5 Å². The maximum atomic E-state index is 12.4. The van der Waals surface area contributed by atoms with Gasteiger partial charge in [-0.1, -0.05) is 24.3 Å². The fourth-order valence-corrected chi connectivity index (χ4v) is 2.95. The smallest absolute Gasteiger partial charge is 0.253 e. The Hall–Kier alpha value is -2.87. The van der Waals surface area contributed by atoms with E-state index >= 15 is 0 Å². The van der Waals surface area contributed by atoms with Crippen molar-refractivity contribution in [3.63, 3.8) is 0 Å². The Morgan fingerprint density at radius 2 is 2.00 bits per heavy atom. The van der Waals surface area contributed by atoms with Gasteiger partial charge in [0, 0.05) is 17.6 Å². The lowest BCUT2D eigenvalue weighted by Crippen LogP contribution is -2.23. The number of aromatic amines is 1. The molecule has 1 amide bonds. The van der Waals surface area contributed by atoms with E-state index < -0.39 is 10.0 Å². The Morgan fingerprint density at radius 1 is 1.21 bits per heavy atom. The first-order valence-corrected chi connectivity index (χ1v) is 9.08. The molecule has 3 aromatic rings. The van der Waals surface area contributed by atoms with Crippen LogP contribution in [0.15, 0.2) is 48.7 Å². The van der Waals surface area contributed by atoms with Crippen molar-refractivity contribution in [3.05, 3.63) is 59.8 Å². The van der Waals surface area contributed by atoms with Crippen LogP contribution in [-0.4, -0.2) is 30.8 Å². The fraction of sp³-hybridized carbons (Fsp3) is 0.125. The third-order valence-electron chi connectivity index (χ3n) is 3.40. The molecule has 0 unspecified atom stereocenters. The molecule has 0 aliphatic heterocycles. The van der Waals surface area contributed by atoms with Gasteiger partial charge in [0.05, 0.1) is 23.5 Å². The molecule has 1 aromatic heterocycles. The summed E-state index contributed by atoms with van der Waals surface area (Å²) in [4.78, 5) is 12.4. The number of fused-ring (bicyclic) bond motifs is 1. The molecule has 0 radical (unpaired) electrons. The van der Waals surface area contributed by atoms with Gasteiger partial charge in [-0.3, -0.25) is 14.6 Å². The van der Waals surface area contributed by atoms with Crippen LogP contribution in [0.2, 0.25) is 0 Å². The number of nitrogens with zero attached hydrogens (tertiary/aromatic N) is 1. The monoisotopic (exact) mass is 344 g/mol. The van der Waals surface area contributed by atoms with Gasteiger partial charge in [-0.15, -0.1) is 0 Å². The van der Waals surface area contributed by atoms with E-state index in [0.717, 1.165) is 17.2 Å². The summed E-state index contributed by atoms with van der Waals surface area (Å²) in [6.45, 7) is 0.280. The van der Waals surface area contributed by atoms with Gasteiger partial charge in [0.1, 0.15) is 0 Å². The highest BCUT2D eigenvalue weighted by atomic mass is 32.2. The molecule has 0 spiro atoms. The summed E-state index contributed by atoms with van der Waals surface area (Å²) in [6, 6.07) is 12.3. The van der Waals surface area contributed by atoms with Gasteiger partial charge in [-0.05, 0) is 23.8 Å². The SMILES string of the molecule is CS(=O)(=O)Nc1cccc(CNC(=O)c2cccc3cn[nH]c23)c1. The molecule has 1 heterocycles. The highest BCUT2D eigenvalue weighted by Gasteiger charge is 2.11. The molecule has 3 N–H and O–H groups in total. The number of nitrogens with one attached hydrogen (secondary N) is 3. The molecule has 8 heteroatoms. The molecule has 0 atom stereocenters. The number of benzene rings is 2. The average Bonchev–Trinajstić information content (AvgIpc) is 2.99. The maximum Gasteiger partial charge on any atom is 0.253 e. The first-order valence-electron chi connectivity index (χ1n) is 7.19. The molecular weight excluding hydrogens is 328 g/mol. The van der Waals surface area contributed by atoms with Gasteiger partial charge in [0.15, 0.2) is 0 Å². The number of sulfonamides is 1. The van der Waals surface area contributed by atoms with Gasteiger partial charge in [0.25, 0.3) is 5.91 Å². The lowest BCUT2D eigenvalue weighted by molar-refractivity contribution is 0.0952. The second-order valence-electron chi connectivity index (χ2n) is 5.40. The zero-order valence-electron chi connectivity index (χ0n) is 12.9. The van der Waals surface area contributed by atoms with E-state index in [1.54, 1.807) is 36.5 Å². The van der Waals surface area contributed by atoms with Gasteiger partial charge < -0.3 is 5.32 Å². The van der Waals surface area contributed by atoms with Crippen molar-refractivity contribution in [2.24, 2.45) is 0 Å². The van der Waals surface area contributed by atoms with E-state index in [1.807, 2.05) is 12.1 Å². The number of rotatable bonds is 5. The van der Waals surface area contributed by atoms with Crippen LogP contribution in [0.3, 0.4) is 0 Å². The summed E-state index contributed by atoms with van der Waals surface area (Å²) in [5, 5.41) is 10.4. The number of hydrogen-bond acceptors (Lipinski definition) is 4. The quantitative estimate of drug-likeness (QED) is 0.657. The summed E-state index contributed by atoms with van der Waals surface area (Å²) >= 11 is 0. The van der Waals surface area contributed by atoms with E-state index in [-0.39, 0.29) is 12.5 Å². The van der Waals surface area contributed by atoms with E-state index in [0.29, 0.717) is 16.8 Å². The van der Waals surface area contributed by atoms with Crippen LogP contribution in [0.5, 0.6) is 0 Å². The molecule has 7 nitrogen and oxygen atoms in total. The Morgan fingerprint density at radius 3 is 2.79 bits per heavy atom. The highest BCUT2D eigenvalue weighted by Crippen LogP contribution is 2.16. The van der Waals surface area contributed by atoms with Gasteiger partial charge in [-0.2, -0.15) is 5.10 Å². The number of carbonyl (C=O) groups is 1. The van der Waals surface area contributed by atoms with E-state index in [4.69, 9.17) is 0 Å². The second-order valence-corrected chi connectivity index (χ2v) is 7.15. The first kappa shape index (κ1) is 16.0. The largest absolute Gasteiger partial charge is 0.348 e. The number of amides is 1. The van der Waals surface area contributed by atoms with Crippen molar-refractivity contribution in [1.82, 2.24) is 15.5 Å². The normalized spacial score (nSPS) is 11.4. The molecular formula is C16H16N4O3S. The van der Waals surface area contributed by atoms with Crippen LogP contribution in [0.25, 0.3) is 10.9 Å². The third kappa shape index (κ3) is 3.72. The summed E-state index contributed by atoms with van der Waals surface area (Å²) < 4.78 is 25.0. The number of H-pyrrole nitrogens is 1. The third-order valence-corrected chi connectivity index (χ3v) is 4.01. The molecule has 3 rings (SSSR count). The summed E-state index contributed by atoms with van der Waals surface area (Å²) in [6.07, 6.45) is 2.75. The van der Waals surface area contributed by atoms with Gasteiger partial charge >= 0.3 is 0 Å². The first-order chi connectivity index (χ1) is 11.4. The topological polar surface area (TPSA) is 104 Å². The summed E-state index contributed by atoms with van der Waals surface area (Å²) in [7, 11) is -3.33. The van der Waals surface area contributed by atoms with Crippen molar-refractivity contribution in [2.45, 2.75) is 6.54 Å². The number of hydrogen-bond donors (Lipinski definition) is 3. The van der Waals surface area contributed by atoms with Crippen molar-refractivity contribution in [1.29, 1.82) is 0 Å². The lowest BCUT2D eigenvalue weighted by Gasteiger charge is -2.09. The van der Waals surface area contributed by atoms with Crippen LogP contribution < -0.4 is 10.0 Å². The average molecular weight is 344 g/mol. The van der Waals surface area contributed by atoms with Crippen LogP contribution in [0, 0.1) is 0 Å². The summed E-state index contributed by atoms with van der Waals surface area (Å²) in [5.74, 6) is -0.230. The number of aromatic nitrogens is 2. The van der Waals surface area contributed by atoms with E-state index in [2.05, 4.69) is 20.2 Å². The number of carbonyl (C=O) groups excluding carboxylic acids is 1. The predicted octanol–water partition coefficient (Wildman–Crippen LogP) is 1.86. The molecule has 0 aliphatic carbocycles. The molecule has 124 valence electrons. The predicted molar refractivity (Wildman–Crippen MR) is 92.2 cm³/mol. The molecule has 0 fully saturated rings. The van der Waals surface area contributed by atoms with Gasteiger partial charge in [0.2, 0.25) is 10.0 Å². The molecule has 0 aliphatic rings. The molecule has 0 bridgehead atoms. The standard InChI is InChI=1S/C16H16N4O3S/c1-24(22,23)20-13-6-2-4-11(8-13)9-17-16(21)14-7-3-5-12-10-18-19-15(12)14/h2-8,10,20H,9H2,1H3,(H,17,21)(H,18,19). The molecule has 2 aromatic carbocycles. The minimum absolute atomic E-state index is 0.230. The Labute approximate surface area is 139 Å². The van der Waals surface area contributed by atoms with Gasteiger partial charge in [-0.25, -0.2) is 8.42 Å². The van der Waals surface area contributed by atoms with Crippen molar-refractivity contribution in [3.8, 4) is 0 Å². The van der Waals surface area contributed by atoms with Crippen molar-refractivity contribution in [2.75, 3.05) is 11.0 Å². The second kappa shape index (κ2) is 6.32. The summed E-state index contributed by atoms with van der Waals surface area (Å²) in [5.41, 5.74) is 2.44. The zero-order valence-corrected chi connectivity index (χ0v) is 13.7. The van der Waals surface area contributed by atoms with E-state index in [1.165, 1.54) is 0 Å². The van der Waals surface area contributed by atoms with Crippen LogP contribution in [0.4, 0.5) is 5.69 Å². The number of para-hydroxylation sites is 1.